The van der Waals surface area contributed by atoms with Crippen molar-refractivity contribution in [1.29, 1.82) is 0 Å². The first-order chi connectivity index (χ1) is 14.0. The van der Waals surface area contributed by atoms with Gasteiger partial charge in [-0.2, -0.15) is 0 Å². The number of nitrogens with one attached hydrogen (secondary N) is 1. The van der Waals surface area contributed by atoms with Crippen molar-refractivity contribution in [3.05, 3.63) is 35.4 Å². The van der Waals surface area contributed by atoms with Gasteiger partial charge in [0.15, 0.2) is 0 Å². The zero-order valence-corrected chi connectivity index (χ0v) is 17.9. The van der Waals surface area contributed by atoms with E-state index in [0.29, 0.717) is 11.3 Å². The Morgan fingerprint density at radius 3 is 2.66 bits per heavy atom. The number of carbonyl (C=O) groups excluding carboxylic acids is 3. The van der Waals surface area contributed by atoms with Gasteiger partial charge in [-0.05, 0) is 36.8 Å². The van der Waals surface area contributed by atoms with Crippen LogP contribution < -0.4 is 5.32 Å². The summed E-state index contributed by atoms with van der Waals surface area (Å²) >= 11 is 1.62. The Morgan fingerprint density at radius 2 is 1.93 bits per heavy atom. The molecule has 6 nitrogen and oxygen atoms in total. The summed E-state index contributed by atoms with van der Waals surface area (Å²) in [7, 11) is 0. The van der Waals surface area contributed by atoms with Crippen LogP contribution in [0.2, 0.25) is 0 Å². The van der Waals surface area contributed by atoms with Gasteiger partial charge in [0.1, 0.15) is 17.5 Å². The standard InChI is InChI=1S/C22H29N3O3S/c1-3-14(2)18(21(28)24-11-7-4-8-12-24)23-19(26)17-13-29-22-16-10-6-5-9-15(16)20(27)25(17)22/h5-6,9-10,14,17-18,22H,3-4,7-8,11-13H2,1-2H3,(H,23,26)/t14-,17+,18+,22+/m1/s1. The van der Waals surface area contributed by atoms with E-state index in [-0.39, 0.29) is 29.0 Å². The summed E-state index contributed by atoms with van der Waals surface area (Å²) in [6.45, 7) is 5.58. The predicted octanol–water partition coefficient (Wildman–Crippen LogP) is 2.80. The zero-order chi connectivity index (χ0) is 20.5. The van der Waals surface area contributed by atoms with Crippen LogP contribution in [0.15, 0.2) is 24.3 Å². The lowest BCUT2D eigenvalue weighted by molar-refractivity contribution is -0.139. The molecule has 0 aliphatic carbocycles. The Bertz CT molecular complexity index is 808. The fraction of sp³-hybridized carbons (Fsp3) is 0.591. The van der Waals surface area contributed by atoms with E-state index in [1.54, 1.807) is 16.7 Å². The number of carbonyl (C=O) groups is 3. The van der Waals surface area contributed by atoms with Crippen LogP contribution in [-0.2, 0) is 9.59 Å². The molecule has 0 saturated carbocycles. The van der Waals surface area contributed by atoms with Crippen LogP contribution in [0.1, 0.15) is 60.8 Å². The average molecular weight is 416 g/mol. The van der Waals surface area contributed by atoms with E-state index in [1.807, 2.05) is 43.0 Å². The molecule has 0 spiro atoms. The third-order valence-corrected chi connectivity index (χ3v) is 7.74. The van der Waals surface area contributed by atoms with Gasteiger partial charge in [0.05, 0.1) is 0 Å². The molecular formula is C22H29N3O3S. The molecule has 4 rings (SSSR count). The second kappa shape index (κ2) is 8.38. The minimum atomic E-state index is -0.536. The van der Waals surface area contributed by atoms with E-state index >= 15 is 0 Å². The van der Waals surface area contributed by atoms with Gasteiger partial charge in [-0.3, -0.25) is 14.4 Å². The molecule has 0 bridgehead atoms. The minimum absolute atomic E-state index is 0.0191. The van der Waals surface area contributed by atoms with E-state index in [1.165, 1.54) is 0 Å². The molecule has 0 aromatic heterocycles. The van der Waals surface area contributed by atoms with Crippen molar-refractivity contribution < 1.29 is 14.4 Å². The summed E-state index contributed by atoms with van der Waals surface area (Å²) in [5.74, 6) is 0.326. The van der Waals surface area contributed by atoms with Gasteiger partial charge >= 0.3 is 0 Å². The Hall–Kier alpha value is -2.02. The Morgan fingerprint density at radius 1 is 1.21 bits per heavy atom. The Kier molecular flexibility index (Phi) is 5.86. The average Bonchev–Trinajstić information content (AvgIpc) is 3.32. The second-order valence-corrected chi connectivity index (χ2v) is 9.37. The van der Waals surface area contributed by atoms with Crippen LogP contribution in [0.5, 0.6) is 0 Å². The number of amides is 3. The zero-order valence-electron chi connectivity index (χ0n) is 17.1. The fourth-order valence-electron chi connectivity index (χ4n) is 4.49. The normalized spacial score (nSPS) is 25.4. The highest BCUT2D eigenvalue weighted by Gasteiger charge is 2.49. The number of thioether (sulfide) groups is 1. The van der Waals surface area contributed by atoms with Gasteiger partial charge < -0.3 is 15.1 Å². The second-order valence-electron chi connectivity index (χ2n) is 8.26. The van der Waals surface area contributed by atoms with Gasteiger partial charge in [0, 0.05) is 24.4 Å². The number of fused-ring (bicyclic) bond motifs is 3. The number of hydrogen-bond donors (Lipinski definition) is 1. The molecule has 1 aromatic carbocycles. The van der Waals surface area contributed by atoms with E-state index in [0.717, 1.165) is 44.3 Å². The molecule has 2 fully saturated rings. The summed E-state index contributed by atoms with van der Waals surface area (Å²) in [6.07, 6.45) is 4.01. The van der Waals surface area contributed by atoms with Crippen molar-refractivity contribution in [3.8, 4) is 0 Å². The maximum atomic E-state index is 13.2. The van der Waals surface area contributed by atoms with Gasteiger partial charge in [0.25, 0.3) is 5.91 Å². The lowest BCUT2D eigenvalue weighted by atomic mass is 9.96. The predicted molar refractivity (Wildman–Crippen MR) is 113 cm³/mol. The highest BCUT2D eigenvalue weighted by Crippen LogP contribution is 2.48. The summed E-state index contributed by atoms with van der Waals surface area (Å²) in [5.41, 5.74) is 1.67. The largest absolute Gasteiger partial charge is 0.342 e. The maximum Gasteiger partial charge on any atom is 0.256 e. The van der Waals surface area contributed by atoms with Crippen LogP contribution in [-0.4, -0.2) is 58.4 Å². The van der Waals surface area contributed by atoms with Gasteiger partial charge in [-0.1, -0.05) is 38.5 Å². The first kappa shape index (κ1) is 20.3. The molecule has 3 aliphatic heterocycles. The van der Waals surface area contributed by atoms with Gasteiger partial charge in [0.2, 0.25) is 11.8 Å². The van der Waals surface area contributed by atoms with Crippen molar-refractivity contribution in [2.75, 3.05) is 18.8 Å². The van der Waals surface area contributed by atoms with Crippen LogP contribution in [0, 0.1) is 5.92 Å². The molecule has 29 heavy (non-hydrogen) atoms. The van der Waals surface area contributed by atoms with E-state index in [9.17, 15) is 14.4 Å². The summed E-state index contributed by atoms with van der Waals surface area (Å²) in [5, 5.41) is 2.93. The summed E-state index contributed by atoms with van der Waals surface area (Å²) in [4.78, 5) is 42.9. The number of hydrogen-bond acceptors (Lipinski definition) is 4. The summed E-state index contributed by atoms with van der Waals surface area (Å²) < 4.78 is 0. The van der Waals surface area contributed by atoms with Crippen LogP contribution in [0.25, 0.3) is 0 Å². The highest BCUT2D eigenvalue weighted by molar-refractivity contribution is 7.99. The molecule has 7 heteroatoms. The van der Waals surface area contributed by atoms with Crippen molar-refractivity contribution >= 4 is 29.5 Å². The molecule has 2 saturated heterocycles. The topological polar surface area (TPSA) is 69.7 Å². The molecule has 1 N–H and O–H groups in total. The number of benzene rings is 1. The van der Waals surface area contributed by atoms with E-state index in [4.69, 9.17) is 0 Å². The molecule has 3 heterocycles. The van der Waals surface area contributed by atoms with Crippen LogP contribution in [0.4, 0.5) is 0 Å². The quantitative estimate of drug-likeness (QED) is 0.803. The van der Waals surface area contributed by atoms with E-state index in [2.05, 4.69) is 5.32 Å². The molecule has 156 valence electrons. The SMILES string of the molecule is CC[C@@H](C)[C@H](NC(=O)[C@@H]1CS[C@H]2c3ccccc3C(=O)N12)C(=O)N1CCCCC1. The number of rotatable bonds is 5. The molecular weight excluding hydrogens is 386 g/mol. The molecule has 3 aliphatic rings. The Balaban J connectivity index is 1.50. The molecule has 0 unspecified atom stereocenters. The minimum Gasteiger partial charge on any atom is -0.342 e. The van der Waals surface area contributed by atoms with Crippen molar-refractivity contribution in [2.24, 2.45) is 5.92 Å². The molecule has 1 aromatic rings. The van der Waals surface area contributed by atoms with Crippen LogP contribution >= 0.6 is 11.8 Å². The monoisotopic (exact) mass is 415 g/mol. The number of likely N-dealkylation sites (tertiary alicyclic amines) is 1. The third kappa shape index (κ3) is 3.65. The highest BCUT2D eigenvalue weighted by atomic mass is 32.2. The number of piperidine rings is 1. The van der Waals surface area contributed by atoms with E-state index < -0.39 is 12.1 Å². The summed E-state index contributed by atoms with van der Waals surface area (Å²) in [6, 6.07) is 6.51. The van der Waals surface area contributed by atoms with Crippen LogP contribution in [0.3, 0.4) is 0 Å². The lowest BCUT2D eigenvalue weighted by Crippen LogP contribution is -2.56. The smallest absolute Gasteiger partial charge is 0.256 e. The first-order valence-corrected chi connectivity index (χ1v) is 11.7. The molecule has 4 atom stereocenters. The number of nitrogens with zero attached hydrogens (tertiary/aromatic N) is 2. The maximum absolute atomic E-state index is 13.2. The van der Waals surface area contributed by atoms with Crippen molar-refractivity contribution in [2.45, 2.75) is 57.0 Å². The van der Waals surface area contributed by atoms with Gasteiger partial charge in [-0.15, -0.1) is 11.8 Å². The first-order valence-electron chi connectivity index (χ1n) is 10.6. The fourth-order valence-corrected chi connectivity index (χ4v) is 5.95. The lowest BCUT2D eigenvalue weighted by Gasteiger charge is -2.34. The van der Waals surface area contributed by atoms with Gasteiger partial charge in [-0.25, -0.2) is 0 Å². The molecule has 3 amide bonds. The van der Waals surface area contributed by atoms with Crippen molar-refractivity contribution in [3.63, 3.8) is 0 Å². The van der Waals surface area contributed by atoms with Crippen molar-refractivity contribution in [1.82, 2.24) is 15.1 Å². The Labute approximate surface area is 176 Å². The molecule has 0 radical (unpaired) electrons. The third-order valence-electron chi connectivity index (χ3n) is 6.44.